The van der Waals surface area contributed by atoms with E-state index < -0.39 is 0 Å². The highest BCUT2D eigenvalue weighted by Crippen LogP contribution is 2.22. The molecule has 2 heterocycles. The minimum absolute atomic E-state index is 0.106. The van der Waals surface area contributed by atoms with Crippen molar-refractivity contribution in [2.75, 3.05) is 19.0 Å². The third kappa shape index (κ3) is 3.20. The highest BCUT2D eigenvalue weighted by atomic mass is 35.5. The SMILES string of the molecule is COCCn1ncc(NC(C)c2ccco2)c(Cl)c1=O. The largest absolute Gasteiger partial charge is 0.467 e. The first kappa shape index (κ1) is 14.6. The molecular weight excluding hydrogens is 282 g/mol. The molecule has 6 nitrogen and oxygen atoms in total. The fourth-order valence-electron chi connectivity index (χ4n) is 1.74. The Bertz CT molecular complexity index is 610. The number of ether oxygens (including phenoxy) is 1. The Morgan fingerprint density at radius 2 is 2.40 bits per heavy atom. The van der Waals surface area contributed by atoms with Gasteiger partial charge in [0.2, 0.25) is 0 Å². The van der Waals surface area contributed by atoms with Crippen molar-refractivity contribution in [3.05, 3.63) is 45.7 Å². The third-order valence-corrected chi connectivity index (χ3v) is 3.20. The molecule has 0 spiro atoms. The van der Waals surface area contributed by atoms with Gasteiger partial charge < -0.3 is 14.5 Å². The highest BCUT2D eigenvalue weighted by Gasteiger charge is 2.13. The van der Waals surface area contributed by atoms with Gasteiger partial charge in [0.05, 0.1) is 37.3 Å². The molecule has 0 amide bonds. The maximum atomic E-state index is 12.0. The standard InChI is InChI=1S/C13H16ClN3O3/c1-9(11-4-3-6-20-11)16-10-8-15-17(5-7-19-2)13(18)12(10)14/h3-4,6,8-9,16H,5,7H2,1-2H3. The average molecular weight is 298 g/mol. The van der Waals surface area contributed by atoms with E-state index in [4.69, 9.17) is 20.8 Å². The summed E-state index contributed by atoms with van der Waals surface area (Å²) in [6.45, 7) is 2.67. The number of hydrogen-bond acceptors (Lipinski definition) is 5. The van der Waals surface area contributed by atoms with E-state index in [0.29, 0.717) is 18.8 Å². The first-order chi connectivity index (χ1) is 9.63. The van der Waals surface area contributed by atoms with Gasteiger partial charge in [-0.2, -0.15) is 5.10 Å². The summed E-state index contributed by atoms with van der Waals surface area (Å²) in [4.78, 5) is 12.0. The molecule has 0 aromatic carbocycles. The Hall–Kier alpha value is -1.79. The van der Waals surface area contributed by atoms with Crippen molar-refractivity contribution in [1.82, 2.24) is 9.78 Å². The molecule has 0 fully saturated rings. The second kappa shape index (κ2) is 6.58. The van der Waals surface area contributed by atoms with Gasteiger partial charge >= 0.3 is 0 Å². The number of nitrogens with zero attached hydrogens (tertiary/aromatic N) is 2. The first-order valence-electron chi connectivity index (χ1n) is 6.18. The van der Waals surface area contributed by atoms with Crippen LogP contribution in [0.1, 0.15) is 18.7 Å². The zero-order valence-corrected chi connectivity index (χ0v) is 12.1. The third-order valence-electron chi connectivity index (χ3n) is 2.83. The molecule has 1 unspecified atom stereocenters. The van der Waals surface area contributed by atoms with Crippen LogP contribution in [0.5, 0.6) is 0 Å². The Kier molecular flexibility index (Phi) is 4.81. The molecule has 0 radical (unpaired) electrons. The Labute approximate surface area is 121 Å². The molecule has 1 N–H and O–H groups in total. The number of rotatable bonds is 6. The van der Waals surface area contributed by atoms with E-state index in [2.05, 4.69) is 10.4 Å². The molecule has 20 heavy (non-hydrogen) atoms. The molecule has 0 aliphatic rings. The minimum Gasteiger partial charge on any atom is -0.467 e. The maximum absolute atomic E-state index is 12.0. The molecule has 0 bridgehead atoms. The smallest absolute Gasteiger partial charge is 0.287 e. The van der Waals surface area contributed by atoms with Crippen LogP contribution >= 0.6 is 11.6 Å². The van der Waals surface area contributed by atoms with Gasteiger partial charge in [-0.05, 0) is 19.1 Å². The molecular formula is C13H16ClN3O3. The van der Waals surface area contributed by atoms with Crippen molar-refractivity contribution in [3.63, 3.8) is 0 Å². The first-order valence-corrected chi connectivity index (χ1v) is 6.55. The maximum Gasteiger partial charge on any atom is 0.287 e. The van der Waals surface area contributed by atoms with Gasteiger partial charge in [0, 0.05) is 7.11 Å². The summed E-state index contributed by atoms with van der Waals surface area (Å²) >= 11 is 6.08. The van der Waals surface area contributed by atoms with Crippen molar-refractivity contribution < 1.29 is 9.15 Å². The highest BCUT2D eigenvalue weighted by molar-refractivity contribution is 6.32. The number of aromatic nitrogens is 2. The van der Waals surface area contributed by atoms with Crippen LogP contribution in [0, 0.1) is 0 Å². The molecule has 1 atom stereocenters. The second-order valence-electron chi connectivity index (χ2n) is 4.27. The summed E-state index contributed by atoms with van der Waals surface area (Å²) in [5.74, 6) is 0.754. The van der Waals surface area contributed by atoms with E-state index >= 15 is 0 Å². The summed E-state index contributed by atoms with van der Waals surface area (Å²) < 4.78 is 11.5. The molecule has 7 heteroatoms. The average Bonchev–Trinajstić information content (AvgIpc) is 2.97. The van der Waals surface area contributed by atoms with Crippen molar-refractivity contribution in [2.45, 2.75) is 19.5 Å². The Morgan fingerprint density at radius 1 is 1.60 bits per heavy atom. The second-order valence-corrected chi connectivity index (χ2v) is 4.65. The van der Waals surface area contributed by atoms with Gasteiger partial charge in [0.25, 0.3) is 5.56 Å². The summed E-state index contributed by atoms with van der Waals surface area (Å²) in [5, 5.41) is 7.27. The van der Waals surface area contributed by atoms with E-state index in [9.17, 15) is 4.79 Å². The number of nitrogens with one attached hydrogen (secondary N) is 1. The number of halogens is 1. The lowest BCUT2D eigenvalue weighted by Crippen LogP contribution is -2.26. The molecule has 0 aliphatic carbocycles. The van der Waals surface area contributed by atoms with Crippen molar-refractivity contribution in [2.24, 2.45) is 0 Å². The van der Waals surface area contributed by atoms with Gasteiger partial charge in [0.15, 0.2) is 0 Å². The van der Waals surface area contributed by atoms with Gasteiger partial charge in [-0.25, -0.2) is 4.68 Å². The van der Waals surface area contributed by atoms with E-state index in [1.54, 1.807) is 19.4 Å². The van der Waals surface area contributed by atoms with Gasteiger partial charge in [-0.1, -0.05) is 11.6 Å². The van der Waals surface area contributed by atoms with Crippen LogP contribution in [-0.2, 0) is 11.3 Å². The van der Waals surface area contributed by atoms with Gasteiger partial charge in [-0.15, -0.1) is 0 Å². The van der Waals surface area contributed by atoms with Crippen LogP contribution in [0.25, 0.3) is 0 Å². The van der Waals surface area contributed by atoms with Crippen LogP contribution in [-0.4, -0.2) is 23.5 Å². The molecule has 2 aromatic heterocycles. The van der Waals surface area contributed by atoms with E-state index in [1.165, 1.54) is 10.9 Å². The molecule has 2 aromatic rings. The number of anilines is 1. The topological polar surface area (TPSA) is 69.3 Å². The van der Waals surface area contributed by atoms with Crippen molar-refractivity contribution in [1.29, 1.82) is 0 Å². The molecule has 0 saturated carbocycles. The van der Waals surface area contributed by atoms with E-state index in [-0.39, 0.29) is 16.6 Å². The lowest BCUT2D eigenvalue weighted by Gasteiger charge is -2.14. The van der Waals surface area contributed by atoms with Crippen molar-refractivity contribution in [3.8, 4) is 0 Å². The predicted octanol–water partition coefficient (Wildman–Crippen LogP) is 2.31. The summed E-state index contributed by atoms with van der Waals surface area (Å²) in [6, 6.07) is 3.54. The Morgan fingerprint density at radius 3 is 3.05 bits per heavy atom. The van der Waals surface area contributed by atoms with E-state index in [0.717, 1.165) is 5.76 Å². The molecule has 2 rings (SSSR count). The van der Waals surface area contributed by atoms with Crippen LogP contribution in [0.4, 0.5) is 5.69 Å². The number of methoxy groups -OCH3 is 1. The zero-order valence-electron chi connectivity index (χ0n) is 11.3. The van der Waals surface area contributed by atoms with Gasteiger partial charge in [-0.3, -0.25) is 4.79 Å². The lowest BCUT2D eigenvalue weighted by molar-refractivity contribution is 0.182. The molecule has 0 saturated heterocycles. The zero-order chi connectivity index (χ0) is 14.5. The quantitative estimate of drug-likeness (QED) is 0.886. The van der Waals surface area contributed by atoms with Crippen LogP contribution in [0.3, 0.4) is 0 Å². The van der Waals surface area contributed by atoms with Crippen LogP contribution < -0.4 is 10.9 Å². The fraction of sp³-hybridized carbons (Fsp3) is 0.385. The number of hydrogen-bond donors (Lipinski definition) is 1. The Balaban J connectivity index is 2.17. The fourth-order valence-corrected chi connectivity index (χ4v) is 1.95. The predicted molar refractivity (Wildman–Crippen MR) is 76.1 cm³/mol. The van der Waals surface area contributed by atoms with Crippen molar-refractivity contribution >= 4 is 17.3 Å². The summed E-state index contributed by atoms with van der Waals surface area (Å²) in [5.41, 5.74) is 0.134. The molecule has 108 valence electrons. The number of furan rings is 1. The monoisotopic (exact) mass is 297 g/mol. The minimum atomic E-state index is -0.347. The van der Waals surface area contributed by atoms with Gasteiger partial charge in [0.1, 0.15) is 10.8 Å². The summed E-state index contributed by atoms with van der Waals surface area (Å²) in [7, 11) is 1.56. The molecule has 0 aliphatic heterocycles. The summed E-state index contributed by atoms with van der Waals surface area (Å²) in [6.07, 6.45) is 3.12. The van der Waals surface area contributed by atoms with E-state index in [1.807, 2.05) is 13.0 Å². The van der Waals surface area contributed by atoms with Crippen LogP contribution in [0.15, 0.2) is 33.8 Å². The normalized spacial score (nSPS) is 12.3. The van der Waals surface area contributed by atoms with Crippen LogP contribution in [0.2, 0.25) is 5.02 Å². The lowest BCUT2D eigenvalue weighted by atomic mass is 10.2.